The summed E-state index contributed by atoms with van der Waals surface area (Å²) in [7, 11) is 0. The summed E-state index contributed by atoms with van der Waals surface area (Å²) in [5.74, 6) is -0.133. The molecule has 2 rings (SSSR count). The van der Waals surface area contributed by atoms with Crippen molar-refractivity contribution < 1.29 is 9.59 Å². The molecule has 0 bridgehead atoms. The second-order valence-electron chi connectivity index (χ2n) is 5.83. The molecule has 0 aliphatic carbocycles. The summed E-state index contributed by atoms with van der Waals surface area (Å²) in [5, 5.41) is 5.85. The van der Waals surface area contributed by atoms with Gasteiger partial charge >= 0.3 is 0 Å². The summed E-state index contributed by atoms with van der Waals surface area (Å²) in [6.45, 7) is 2.05. The van der Waals surface area contributed by atoms with Crippen LogP contribution in [0.15, 0.2) is 60.7 Å². The molecular weight excluding hydrogens is 300 g/mol. The Morgan fingerprint density at radius 2 is 1.54 bits per heavy atom. The third-order valence-corrected chi connectivity index (χ3v) is 3.70. The topological polar surface area (TPSA) is 58.2 Å². The molecule has 2 amide bonds. The number of benzene rings is 2. The minimum Gasteiger partial charge on any atom is -0.353 e. The average Bonchev–Trinajstić information content (AvgIpc) is 2.56. The van der Waals surface area contributed by atoms with E-state index in [0.717, 1.165) is 24.1 Å². The van der Waals surface area contributed by atoms with Gasteiger partial charge < -0.3 is 10.6 Å². The average molecular weight is 324 g/mol. The first-order chi connectivity index (χ1) is 11.7. The van der Waals surface area contributed by atoms with E-state index in [2.05, 4.69) is 10.6 Å². The van der Waals surface area contributed by atoms with Gasteiger partial charge in [0.1, 0.15) is 0 Å². The molecule has 4 heteroatoms. The lowest BCUT2D eigenvalue weighted by Gasteiger charge is -2.18. The van der Waals surface area contributed by atoms with E-state index in [-0.39, 0.29) is 24.3 Å². The van der Waals surface area contributed by atoms with Gasteiger partial charge in [-0.2, -0.15) is 0 Å². The predicted molar refractivity (Wildman–Crippen MR) is 96.7 cm³/mol. The standard InChI is InChI=1S/C20H24N2O2/c1-2-9-18(15-20(24)21-17-12-7-4-8-13-17)22-19(23)14-16-10-5-3-6-11-16/h3-8,10-13,18H,2,9,14-15H2,1H3,(H,21,24)(H,22,23). The molecule has 0 aliphatic rings. The zero-order valence-electron chi connectivity index (χ0n) is 14.0. The second-order valence-corrected chi connectivity index (χ2v) is 5.83. The Balaban J connectivity index is 1.86. The Bertz CT molecular complexity index is 586. The van der Waals surface area contributed by atoms with Gasteiger partial charge in [-0.3, -0.25) is 9.59 Å². The normalized spacial score (nSPS) is 11.5. The number of anilines is 1. The van der Waals surface area contributed by atoms with Gasteiger partial charge in [0.2, 0.25) is 11.8 Å². The predicted octanol–water partition coefficient (Wildman–Crippen LogP) is 3.54. The summed E-state index contributed by atoms with van der Waals surface area (Å²) in [4.78, 5) is 24.4. The summed E-state index contributed by atoms with van der Waals surface area (Å²) in [5.41, 5.74) is 1.74. The van der Waals surface area contributed by atoms with E-state index in [4.69, 9.17) is 0 Å². The smallest absolute Gasteiger partial charge is 0.226 e. The molecule has 2 N–H and O–H groups in total. The van der Waals surface area contributed by atoms with Gasteiger partial charge in [0.05, 0.1) is 6.42 Å². The molecule has 0 spiro atoms. The van der Waals surface area contributed by atoms with Gasteiger partial charge in [0, 0.05) is 18.2 Å². The fourth-order valence-electron chi connectivity index (χ4n) is 2.59. The first kappa shape index (κ1) is 17.7. The number of hydrogen-bond donors (Lipinski definition) is 2. The van der Waals surface area contributed by atoms with Crippen LogP contribution in [0.2, 0.25) is 0 Å². The van der Waals surface area contributed by atoms with Crippen LogP contribution in [0.3, 0.4) is 0 Å². The van der Waals surface area contributed by atoms with Crippen molar-refractivity contribution in [2.45, 2.75) is 38.6 Å². The molecule has 1 atom stereocenters. The lowest BCUT2D eigenvalue weighted by molar-refractivity contribution is -0.121. The molecule has 1 unspecified atom stereocenters. The van der Waals surface area contributed by atoms with Crippen LogP contribution in [-0.4, -0.2) is 17.9 Å². The third kappa shape index (κ3) is 6.24. The molecule has 2 aromatic rings. The summed E-state index contributed by atoms with van der Waals surface area (Å²) >= 11 is 0. The highest BCUT2D eigenvalue weighted by Crippen LogP contribution is 2.09. The lowest BCUT2D eigenvalue weighted by atomic mass is 10.1. The molecule has 0 saturated heterocycles. The Morgan fingerprint density at radius 1 is 0.917 bits per heavy atom. The maximum atomic E-state index is 12.2. The fraction of sp³-hybridized carbons (Fsp3) is 0.300. The summed E-state index contributed by atoms with van der Waals surface area (Å²) in [6, 6.07) is 18.8. The second kappa shape index (κ2) is 9.50. The van der Waals surface area contributed by atoms with Crippen molar-refractivity contribution in [1.82, 2.24) is 5.32 Å². The van der Waals surface area contributed by atoms with Crippen LogP contribution in [-0.2, 0) is 16.0 Å². The maximum Gasteiger partial charge on any atom is 0.226 e. The van der Waals surface area contributed by atoms with Crippen molar-refractivity contribution in [2.24, 2.45) is 0 Å². The number of rotatable bonds is 8. The maximum absolute atomic E-state index is 12.2. The van der Waals surface area contributed by atoms with E-state index in [1.165, 1.54) is 0 Å². The van der Waals surface area contributed by atoms with Crippen LogP contribution in [0.1, 0.15) is 31.7 Å². The van der Waals surface area contributed by atoms with Gasteiger partial charge in [0.15, 0.2) is 0 Å². The van der Waals surface area contributed by atoms with Gasteiger partial charge in [-0.05, 0) is 24.1 Å². The van der Waals surface area contributed by atoms with Crippen LogP contribution in [0.4, 0.5) is 5.69 Å². The number of nitrogens with one attached hydrogen (secondary N) is 2. The molecular formula is C20H24N2O2. The summed E-state index contributed by atoms with van der Waals surface area (Å²) < 4.78 is 0. The van der Waals surface area contributed by atoms with E-state index in [1.807, 2.05) is 67.6 Å². The molecule has 0 radical (unpaired) electrons. The molecule has 0 saturated carbocycles. The fourth-order valence-corrected chi connectivity index (χ4v) is 2.59. The van der Waals surface area contributed by atoms with Crippen molar-refractivity contribution in [3.8, 4) is 0 Å². The third-order valence-electron chi connectivity index (χ3n) is 3.70. The molecule has 24 heavy (non-hydrogen) atoms. The number of para-hydroxylation sites is 1. The van der Waals surface area contributed by atoms with Crippen molar-refractivity contribution in [1.29, 1.82) is 0 Å². The van der Waals surface area contributed by atoms with Crippen molar-refractivity contribution >= 4 is 17.5 Å². The molecule has 4 nitrogen and oxygen atoms in total. The first-order valence-corrected chi connectivity index (χ1v) is 8.35. The molecule has 0 aliphatic heterocycles. The first-order valence-electron chi connectivity index (χ1n) is 8.35. The number of carbonyl (C=O) groups excluding carboxylic acids is 2. The Morgan fingerprint density at radius 3 is 2.17 bits per heavy atom. The van der Waals surface area contributed by atoms with E-state index in [0.29, 0.717) is 6.42 Å². The van der Waals surface area contributed by atoms with Crippen molar-refractivity contribution in [2.75, 3.05) is 5.32 Å². The van der Waals surface area contributed by atoms with E-state index < -0.39 is 0 Å². The van der Waals surface area contributed by atoms with Crippen LogP contribution in [0.25, 0.3) is 0 Å². The highest BCUT2D eigenvalue weighted by Gasteiger charge is 2.16. The quantitative estimate of drug-likeness (QED) is 0.780. The van der Waals surface area contributed by atoms with E-state index in [9.17, 15) is 9.59 Å². The van der Waals surface area contributed by atoms with Crippen LogP contribution in [0, 0.1) is 0 Å². The largest absolute Gasteiger partial charge is 0.353 e. The van der Waals surface area contributed by atoms with Gasteiger partial charge in [0.25, 0.3) is 0 Å². The van der Waals surface area contributed by atoms with Crippen molar-refractivity contribution in [3.05, 3.63) is 66.2 Å². The minimum absolute atomic E-state index is 0.0489. The molecule has 0 heterocycles. The zero-order chi connectivity index (χ0) is 17.2. The monoisotopic (exact) mass is 324 g/mol. The molecule has 126 valence electrons. The van der Waals surface area contributed by atoms with Crippen LogP contribution in [0.5, 0.6) is 0 Å². The SMILES string of the molecule is CCCC(CC(=O)Nc1ccccc1)NC(=O)Cc1ccccc1. The van der Waals surface area contributed by atoms with Gasteiger partial charge in [-0.25, -0.2) is 0 Å². The Labute approximate surface area is 143 Å². The number of hydrogen-bond acceptors (Lipinski definition) is 2. The van der Waals surface area contributed by atoms with Gasteiger partial charge in [-0.1, -0.05) is 61.9 Å². The highest BCUT2D eigenvalue weighted by atomic mass is 16.2. The molecule has 2 aromatic carbocycles. The summed E-state index contributed by atoms with van der Waals surface area (Å²) in [6.07, 6.45) is 2.31. The van der Waals surface area contributed by atoms with E-state index >= 15 is 0 Å². The molecule has 0 aromatic heterocycles. The lowest BCUT2D eigenvalue weighted by Crippen LogP contribution is -2.38. The van der Waals surface area contributed by atoms with Crippen molar-refractivity contribution in [3.63, 3.8) is 0 Å². The Kier molecular flexibility index (Phi) is 7.02. The molecule has 0 fully saturated rings. The number of carbonyl (C=O) groups is 2. The zero-order valence-corrected chi connectivity index (χ0v) is 14.0. The van der Waals surface area contributed by atoms with Gasteiger partial charge in [-0.15, -0.1) is 0 Å². The highest BCUT2D eigenvalue weighted by molar-refractivity contribution is 5.91. The van der Waals surface area contributed by atoms with E-state index in [1.54, 1.807) is 0 Å². The number of amides is 2. The minimum atomic E-state index is -0.144. The van der Waals surface area contributed by atoms with Crippen LogP contribution < -0.4 is 10.6 Å². The van der Waals surface area contributed by atoms with Crippen LogP contribution >= 0.6 is 0 Å². The Hall–Kier alpha value is -2.62.